The number of nitrogens with zero attached hydrogens (tertiary/aromatic N) is 1. The van der Waals surface area contributed by atoms with Crippen molar-refractivity contribution in [3.63, 3.8) is 0 Å². The van der Waals surface area contributed by atoms with E-state index in [1.54, 1.807) is 35.6 Å². The van der Waals surface area contributed by atoms with Gasteiger partial charge in [0, 0.05) is 28.6 Å². The lowest BCUT2D eigenvalue weighted by molar-refractivity contribution is -0.136. The van der Waals surface area contributed by atoms with E-state index >= 15 is 0 Å². The molecule has 0 spiro atoms. The van der Waals surface area contributed by atoms with E-state index in [9.17, 15) is 14.4 Å². The Hall–Kier alpha value is -2.74. The third-order valence-electron chi connectivity index (χ3n) is 3.59. The number of nitrogens with one attached hydrogen (secondary N) is 2. The van der Waals surface area contributed by atoms with Crippen molar-refractivity contribution in [1.82, 2.24) is 10.3 Å². The predicted octanol–water partition coefficient (Wildman–Crippen LogP) is 2.83. The number of carboxylic acids is 1. The van der Waals surface area contributed by atoms with Crippen LogP contribution in [-0.2, 0) is 21.4 Å². The number of carbonyl (C=O) groups is 3. The van der Waals surface area contributed by atoms with Gasteiger partial charge in [0.05, 0.1) is 23.5 Å². The highest BCUT2D eigenvalue weighted by atomic mass is 32.1. The standard InChI is InChI=1S/C19H23N3O4S/c1-19(2,3)18-22-14(11-27-18)10-15(23)21-13-6-4-12(5-7-13)17(26)20-9-8-16(24)25/h4-7,11H,8-10H2,1-3H3,(H,20,26)(H,21,23)(H,24,25). The first-order valence-corrected chi connectivity index (χ1v) is 9.38. The minimum Gasteiger partial charge on any atom is -0.481 e. The molecule has 0 radical (unpaired) electrons. The molecule has 1 heterocycles. The van der Waals surface area contributed by atoms with Crippen LogP contribution in [0, 0.1) is 0 Å². The summed E-state index contributed by atoms with van der Waals surface area (Å²) >= 11 is 1.55. The maximum atomic E-state index is 12.2. The Balaban J connectivity index is 1.88. The number of carboxylic acid groups (broad SMARTS) is 1. The van der Waals surface area contributed by atoms with Gasteiger partial charge in [-0.05, 0) is 24.3 Å². The fourth-order valence-corrected chi connectivity index (χ4v) is 3.10. The van der Waals surface area contributed by atoms with Crippen LogP contribution in [0.5, 0.6) is 0 Å². The van der Waals surface area contributed by atoms with Crippen molar-refractivity contribution in [2.75, 3.05) is 11.9 Å². The number of aromatic nitrogens is 1. The second-order valence-electron chi connectivity index (χ2n) is 7.10. The Morgan fingerprint density at radius 1 is 1.15 bits per heavy atom. The first-order valence-electron chi connectivity index (χ1n) is 8.50. The maximum Gasteiger partial charge on any atom is 0.305 e. The average Bonchev–Trinajstić information content (AvgIpc) is 3.03. The van der Waals surface area contributed by atoms with E-state index in [1.165, 1.54) is 0 Å². The highest BCUT2D eigenvalue weighted by Crippen LogP contribution is 2.25. The number of thiazole rings is 1. The van der Waals surface area contributed by atoms with Gasteiger partial charge < -0.3 is 15.7 Å². The number of benzene rings is 1. The normalized spacial score (nSPS) is 11.1. The SMILES string of the molecule is CC(C)(C)c1nc(CC(=O)Nc2ccc(C(=O)NCCC(=O)O)cc2)cs1. The third kappa shape index (κ3) is 6.49. The molecular formula is C19H23N3O4S. The summed E-state index contributed by atoms with van der Waals surface area (Å²) in [4.78, 5) is 39.0. The van der Waals surface area contributed by atoms with Crippen LogP contribution in [0.1, 0.15) is 48.3 Å². The Morgan fingerprint density at radius 2 is 1.81 bits per heavy atom. The molecular weight excluding hydrogens is 366 g/mol. The van der Waals surface area contributed by atoms with Crippen LogP contribution >= 0.6 is 11.3 Å². The molecule has 2 aromatic rings. The zero-order valence-corrected chi connectivity index (χ0v) is 16.4. The molecule has 7 nitrogen and oxygen atoms in total. The molecule has 8 heteroatoms. The van der Waals surface area contributed by atoms with Crippen molar-refractivity contribution in [2.24, 2.45) is 0 Å². The van der Waals surface area contributed by atoms with Gasteiger partial charge in [0.1, 0.15) is 0 Å². The van der Waals surface area contributed by atoms with Gasteiger partial charge in [-0.3, -0.25) is 14.4 Å². The summed E-state index contributed by atoms with van der Waals surface area (Å²) in [5.74, 6) is -1.51. The molecule has 1 aromatic heterocycles. The van der Waals surface area contributed by atoms with E-state index in [-0.39, 0.29) is 36.6 Å². The molecule has 0 bridgehead atoms. The molecule has 2 rings (SSSR count). The second-order valence-corrected chi connectivity index (χ2v) is 7.95. The van der Waals surface area contributed by atoms with Crippen LogP contribution in [0.15, 0.2) is 29.6 Å². The fourth-order valence-electron chi connectivity index (χ4n) is 2.19. The summed E-state index contributed by atoms with van der Waals surface area (Å²) in [5, 5.41) is 16.8. The topological polar surface area (TPSA) is 108 Å². The Bertz CT molecular complexity index is 822. The molecule has 0 fully saturated rings. The van der Waals surface area contributed by atoms with E-state index in [2.05, 4.69) is 36.4 Å². The molecule has 2 amide bonds. The quantitative estimate of drug-likeness (QED) is 0.675. The van der Waals surface area contributed by atoms with Gasteiger partial charge in [-0.2, -0.15) is 0 Å². The van der Waals surface area contributed by atoms with Gasteiger partial charge in [-0.1, -0.05) is 20.8 Å². The monoisotopic (exact) mass is 389 g/mol. The van der Waals surface area contributed by atoms with Gasteiger partial charge in [0.25, 0.3) is 5.91 Å². The first-order chi connectivity index (χ1) is 12.6. The van der Waals surface area contributed by atoms with Gasteiger partial charge >= 0.3 is 5.97 Å². The third-order valence-corrected chi connectivity index (χ3v) is 4.91. The minimum absolute atomic E-state index is 0.0414. The van der Waals surface area contributed by atoms with Crippen molar-refractivity contribution in [3.05, 3.63) is 45.9 Å². The van der Waals surface area contributed by atoms with Crippen molar-refractivity contribution < 1.29 is 19.5 Å². The Morgan fingerprint density at radius 3 is 2.37 bits per heavy atom. The summed E-state index contributed by atoms with van der Waals surface area (Å²) < 4.78 is 0. The van der Waals surface area contributed by atoms with E-state index < -0.39 is 5.97 Å². The largest absolute Gasteiger partial charge is 0.481 e. The van der Waals surface area contributed by atoms with Crippen LogP contribution in [0.4, 0.5) is 5.69 Å². The lowest BCUT2D eigenvalue weighted by Gasteiger charge is -2.13. The van der Waals surface area contributed by atoms with Crippen molar-refractivity contribution in [3.8, 4) is 0 Å². The van der Waals surface area contributed by atoms with E-state index in [4.69, 9.17) is 5.11 Å². The van der Waals surface area contributed by atoms with Crippen molar-refractivity contribution in [1.29, 1.82) is 0 Å². The Labute approximate surface area is 161 Å². The number of aliphatic carboxylic acids is 1. The molecule has 0 aliphatic rings. The lowest BCUT2D eigenvalue weighted by atomic mass is 9.98. The van der Waals surface area contributed by atoms with E-state index in [0.29, 0.717) is 11.3 Å². The van der Waals surface area contributed by atoms with Gasteiger partial charge in [-0.15, -0.1) is 11.3 Å². The highest BCUT2D eigenvalue weighted by molar-refractivity contribution is 7.09. The number of amides is 2. The molecule has 144 valence electrons. The smallest absolute Gasteiger partial charge is 0.305 e. The van der Waals surface area contributed by atoms with E-state index in [1.807, 2.05) is 5.38 Å². The molecule has 3 N–H and O–H groups in total. The summed E-state index contributed by atoms with van der Waals surface area (Å²) in [7, 11) is 0. The molecule has 0 aliphatic carbocycles. The van der Waals surface area contributed by atoms with Crippen LogP contribution in [-0.4, -0.2) is 34.4 Å². The molecule has 0 aliphatic heterocycles. The number of rotatable bonds is 7. The molecule has 27 heavy (non-hydrogen) atoms. The summed E-state index contributed by atoms with van der Waals surface area (Å²) in [6.45, 7) is 6.30. The zero-order valence-electron chi connectivity index (χ0n) is 15.5. The summed E-state index contributed by atoms with van der Waals surface area (Å²) in [6.07, 6.45) is 0.0530. The predicted molar refractivity (Wildman–Crippen MR) is 104 cm³/mol. The fraction of sp³-hybridized carbons (Fsp3) is 0.368. The summed E-state index contributed by atoms with van der Waals surface area (Å²) in [5.41, 5.74) is 1.67. The first kappa shape index (κ1) is 20.6. The minimum atomic E-state index is -0.969. The average molecular weight is 389 g/mol. The molecule has 0 saturated heterocycles. The van der Waals surface area contributed by atoms with Crippen LogP contribution in [0.25, 0.3) is 0 Å². The van der Waals surface area contributed by atoms with Gasteiger partial charge in [-0.25, -0.2) is 4.98 Å². The molecule has 0 unspecified atom stereocenters. The van der Waals surface area contributed by atoms with Crippen LogP contribution < -0.4 is 10.6 Å². The number of carbonyl (C=O) groups excluding carboxylic acids is 2. The Kier molecular flexibility index (Phi) is 6.68. The number of hydrogen-bond donors (Lipinski definition) is 3. The highest BCUT2D eigenvalue weighted by Gasteiger charge is 2.18. The van der Waals surface area contributed by atoms with Gasteiger partial charge in [0.15, 0.2) is 0 Å². The van der Waals surface area contributed by atoms with Gasteiger partial charge in [0.2, 0.25) is 5.91 Å². The van der Waals surface area contributed by atoms with Crippen LogP contribution in [0.2, 0.25) is 0 Å². The molecule has 0 atom stereocenters. The number of hydrogen-bond acceptors (Lipinski definition) is 5. The maximum absolute atomic E-state index is 12.2. The zero-order chi connectivity index (χ0) is 20.0. The van der Waals surface area contributed by atoms with Crippen molar-refractivity contribution in [2.45, 2.75) is 39.0 Å². The molecule has 1 aromatic carbocycles. The van der Waals surface area contributed by atoms with Crippen LogP contribution in [0.3, 0.4) is 0 Å². The lowest BCUT2D eigenvalue weighted by Crippen LogP contribution is -2.26. The molecule has 0 saturated carbocycles. The number of anilines is 1. The van der Waals surface area contributed by atoms with Crippen molar-refractivity contribution >= 4 is 34.8 Å². The second kappa shape index (κ2) is 8.77. The summed E-state index contributed by atoms with van der Waals surface area (Å²) in [6, 6.07) is 6.41. The van der Waals surface area contributed by atoms with E-state index in [0.717, 1.165) is 10.7 Å².